The van der Waals surface area contributed by atoms with Crippen molar-refractivity contribution >= 4 is 0 Å². The fourth-order valence-corrected chi connectivity index (χ4v) is 1.96. The standard InChI is InChI=1S/C17H32O/c1-6-17(18)13-16(5)12-8-11-15(4)10-7-9-14(2)3/h8,12-15,17-18H,6-7,9-11H2,1-5H3/b12-8+,16-13+. The van der Waals surface area contributed by atoms with Crippen molar-refractivity contribution in [1.29, 1.82) is 0 Å². The van der Waals surface area contributed by atoms with Gasteiger partial charge in [0.15, 0.2) is 0 Å². The van der Waals surface area contributed by atoms with Gasteiger partial charge in [0, 0.05) is 0 Å². The van der Waals surface area contributed by atoms with Crippen LogP contribution >= 0.6 is 0 Å². The van der Waals surface area contributed by atoms with Crippen LogP contribution in [0.15, 0.2) is 23.8 Å². The summed E-state index contributed by atoms with van der Waals surface area (Å²) in [7, 11) is 0. The van der Waals surface area contributed by atoms with Crippen molar-refractivity contribution in [3.8, 4) is 0 Å². The van der Waals surface area contributed by atoms with Crippen molar-refractivity contribution in [3.63, 3.8) is 0 Å². The first-order chi connectivity index (χ1) is 8.45. The van der Waals surface area contributed by atoms with E-state index in [1.165, 1.54) is 24.8 Å². The maximum absolute atomic E-state index is 9.49. The predicted molar refractivity (Wildman–Crippen MR) is 81.7 cm³/mol. The lowest BCUT2D eigenvalue weighted by atomic mass is 9.97. The minimum absolute atomic E-state index is 0.293. The maximum atomic E-state index is 9.49. The Kier molecular flexibility index (Phi) is 10.0. The molecule has 1 N–H and O–H groups in total. The lowest BCUT2D eigenvalue weighted by Crippen LogP contribution is -1.99. The largest absolute Gasteiger partial charge is 0.389 e. The molecule has 2 unspecified atom stereocenters. The molecule has 0 saturated carbocycles. The Morgan fingerprint density at radius 2 is 1.83 bits per heavy atom. The smallest absolute Gasteiger partial charge is 0.0723 e. The molecule has 0 aromatic carbocycles. The van der Waals surface area contributed by atoms with Crippen LogP contribution in [0.1, 0.15) is 66.7 Å². The average Bonchev–Trinajstić information content (AvgIpc) is 2.28. The molecular formula is C17H32O. The molecule has 106 valence electrons. The van der Waals surface area contributed by atoms with Crippen LogP contribution in [0.25, 0.3) is 0 Å². The Labute approximate surface area is 114 Å². The molecule has 0 heterocycles. The molecule has 0 rings (SSSR count). The summed E-state index contributed by atoms with van der Waals surface area (Å²) in [6.07, 6.45) is 12.0. The minimum atomic E-state index is -0.293. The monoisotopic (exact) mass is 252 g/mol. The third kappa shape index (κ3) is 10.6. The normalized spacial score (nSPS) is 16.5. The molecule has 0 spiro atoms. The first-order valence-corrected chi connectivity index (χ1v) is 7.48. The summed E-state index contributed by atoms with van der Waals surface area (Å²) in [5, 5.41) is 9.49. The fourth-order valence-electron chi connectivity index (χ4n) is 1.96. The zero-order chi connectivity index (χ0) is 14.0. The predicted octanol–water partition coefficient (Wildman–Crippen LogP) is 5.11. The van der Waals surface area contributed by atoms with Crippen molar-refractivity contribution < 1.29 is 5.11 Å². The van der Waals surface area contributed by atoms with E-state index in [2.05, 4.69) is 39.8 Å². The van der Waals surface area contributed by atoms with Crippen molar-refractivity contribution in [1.82, 2.24) is 0 Å². The van der Waals surface area contributed by atoms with Crippen LogP contribution in [0.2, 0.25) is 0 Å². The molecule has 18 heavy (non-hydrogen) atoms. The highest BCUT2D eigenvalue weighted by Gasteiger charge is 2.01. The Bertz CT molecular complexity index is 250. The number of hydrogen-bond donors (Lipinski definition) is 1. The SMILES string of the molecule is CCC(O)/C=C(C)/C=C/CC(C)CCCC(C)C. The first-order valence-electron chi connectivity index (χ1n) is 7.48. The molecule has 1 heteroatoms. The van der Waals surface area contributed by atoms with Gasteiger partial charge in [0.05, 0.1) is 6.10 Å². The van der Waals surface area contributed by atoms with E-state index in [4.69, 9.17) is 0 Å². The molecular weight excluding hydrogens is 220 g/mol. The molecule has 0 aliphatic rings. The number of aliphatic hydroxyl groups is 1. The second-order valence-corrected chi connectivity index (χ2v) is 5.95. The Hall–Kier alpha value is -0.560. The van der Waals surface area contributed by atoms with Gasteiger partial charge in [-0.25, -0.2) is 0 Å². The minimum Gasteiger partial charge on any atom is -0.389 e. The third-order valence-corrected chi connectivity index (χ3v) is 3.27. The summed E-state index contributed by atoms with van der Waals surface area (Å²) < 4.78 is 0. The highest BCUT2D eigenvalue weighted by Crippen LogP contribution is 2.16. The highest BCUT2D eigenvalue weighted by atomic mass is 16.3. The van der Waals surface area contributed by atoms with Crippen LogP contribution in [0, 0.1) is 11.8 Å². The molecule has 1 nitrogen and oxygen atoms in total. The quantitative estimate of drug-likeness (QED) is 0.565. The van der Waals surface area contributed by atoms with Crippen LogP contribution in [-0.2, 0) is 0 Å². The molecule has 0 bridgehead atoms. The number of allylic oxidation sites excluding steroid dienone is 3. The van der Waals surface area contributed by atoms with Crippen molar-refractivity contribution in [2.45, 2.75) is 72.8 Å². The van der Waals surface area contributed by atoms with E-state index in [1.807, 2.05) is 13.0 Å². The zero-order valence-electron chi connectivity index (χ0n) is 12.9. The Morgan fingerprint density at radius 1 is 1.17 bits per heavy atom. The van der Waals surface area contributed by atoms with Gasteiger partial charge in [-0.1, -0.05) is 70.8 Å². The van der Waals surface area contributed by atoms with Crippen molar-refractivity contribution in [2.24, 2.45) is 11.8 Å². The van der Waals surface area contributed by atoms with E-state index in [0.29, 0.717) is 0 Å². The number of rotatable bonds is 9. The molecule has 0 radical (unpaired) electrons. The molecule has 0 aromatic rings. The summed E-state index contributed by atoms with van der Waals surface area (Å²) in [5.74, 6) is 1.59. The fraction of sp³-hybridized carbons (Fsp3) is 0.765. The van der Waals surface area contributed by atoms with Crippen LogP contribution < -0.4 is 0 Å². The molecule has 0 aromatic heterocycles. The summed E-state index contributed by atoms with van der Waals surface area (Å²) in [6.45, 7) is 11.0. The average molecular weight is 252 g/mol. The van der Waals surface area contributed by atoms with Crippen molar-refractivity contribution in [2.75, 3.05) is 0 Å². The van der Waals surface area contributed by atoms with Gasteiger partial charge in [0.2, 0.25) is 0 Å². The van der Waals surface area contributed by atoms with E-state index in [9.17, 15) is 5.11 Å². The molecule has 0 aliphatic heterocycles. The molecule has 0 fully saturated rings. The molecule has 0 amide bonds. The molecule has 2 atom stereocenters. The first kappa shape index (κ1) is 17.4. The molecule has 0 saturated heterocycles. The van der Waals surface area contributed by atoms with E-state index < -0.39 is 0 Å². The zero-order valence-corrected chi connectivity index (χ0v) is 12.9. The summed E-state index contributed by atoms with van der Waals surface area (Å²) in [4.78, 5) is 0. The number of hydrogen-bond acceptors (Lipinski definition) is 1. The summed E-state index contributed by atoms with van der Waals surface area (Å²) in [6, 6.07) is 0. The van der Waals surface area contributed by atoms with Gasteiger partial charge in [0.25, 0.3) is 0 Å². The maximum Gasteiger partial charge on any atom is 0.0723 e. The third-order valence-electron chi connectivity index (χ3n) is 3.27. The van der Waals surface area contributed by atoms with E-state index in [-0.39, 0.29) is 6.10 Å². The van der Waals surface area contributed by atoms with Gasteiger partial charge in [-0.15, -0.1) is 0 Å². The van der Waals surface area contributed by atoms with Gasteiger partial charge < -0.3 is 5.11 Å². The van der Waals surface area contributed by atoms with Gasteiger partial charge in [-0.2, -0.15) is 0 Å². The van der Waals surface area contributed by atoms with Crippen LogP contribution in [-0.4, -0.2) is 11.2 Å². The van der Waals surface area contributed by atoms with Crippen LogP contribution in [0.5, 0.6) is 0 Å². The summed E-state index contributed by atoms with van der Waals surface area (Å²) >= 11 is 0. The lowest BCUT2D eigenvalue weighted by Gasteiger charge is -2.09. The topological polar surface area (TPSA) is 20.2 Å². The Morgan fingerprint density at radius 3 is 2.39 bits per heavy atom. The van der Waals surface area contributed by atoms with Crippen LogP contribution in [0.3, 0.4) is 0 Å². The van der Waals surface area contributed by atoms with Gasteiger partial charge in [0.1, 0.15) is 0 Å². The Balaban J connectivity index is 3.83. The van der Waals surface area contributed by atoms with Gasteiger partial charge in [-0.3, -0.25) is 0 Å². The van der Waals surface area contributed by atoms with E-state index in [1.54, 1.807) is 0 Å². The summed E-state index contributed by atoms with van der Waals surface area (Å²) in [5.41, 5.74) is 1.17. The van der Waals surface area contributed by atoms with Crippen LogP contribution in [0.4, 0.5) is 0 Å². The highest BCUT2D eigenvalue weighted by molar-refractivity contribution is 5.17. The number of aliphatic hydroxyl groups excluding tert-OH is 1. The second-order valence-electron chi connectivity index (χ2n) is 5.95. The van der Waals surface area contributed by atoms with E-state index in [0.717, 1.165) is 24.7 Å². The molecule has 0 aliphatic carbocycles. The van der Waals surface area contributed by atoms with Gasteiger partial charge in [-0.05, 0) is 31.6 Å². The lowest BCUT2D eigenvalue weighted by molar-refractivity contribution is 0.218. The van der Waals surface area contributed by atoms with Gasteiger partial charge >= 0.3 is 0 Å². The van der Waals surface area contributed by atoms with E-state index >= 15 is 0 Å². The van der Waals surface area contributed by atoms with Crippen molar-refractivity contribution in [3.05, 3.63) is 23.8 Å². The second kappa shape index (κ2) is 10.4.